The van der Waals surface area contributed by atoms with Gasteiger partial charge in [0.05, 0.1) is 50.7 Å². The number of hydrogen-bond donors (Lipinski definition) is 8. The molecule has 287 valence electrons. The molecular weight excluding hydrogens is 1140 g/mol. The van der Waals surface area contributed by atoms with E-state index in [1.54, 1.807) is 0 Å². The van der Waals surface area contributed by atoms with Gasteiger partial charge in [-0.05, 0) is 0 Å². The molecule has 33 heteroatoms. The Morgan fingerprint density at radius 3 is 0.317 bits per heavy atom. The second kappa shape index (κ2) is 170. The minimum atomic E-state index is -1.21. The molecule has 0 rings (SSSR count). The Kier molecular flexibility index (Phi) is 1130. The van der Waals surface area contributed by atoms with E-state index < -0.39 is 50.7 Å². The zero-order valence-corrected chi connectivity index (χ0v) is 34.1. The quantitative estimate of drug-likeness (QED) is 0.118. The number of nitrogens with two attached hydrogens (primary N) is 2. The summed E-state index contributed by atoms with van der Waals surface area (Å²) in [5.74, 6) is 0. The molecule has 46 N–H and O–H groups in total. The molecule has 41 heavy (non-hydrogen) atoms. The van der Waals surface area contributed by atoms with Crippen LogP contribution in [-0.2, 0) is 143 Å². The van der Waals surface area contributed by atoms with Crippen molar-refractivity contribution < 1.29 is 273 Å². The molecular formula is C8H58MnMo6N2O24. The summed E-state index contributed by atoms with van der Waals surface area (Å²) in [4.78, 5) is 0. The Hall–Kier alpha value is 3.61. The Morgan fingerprint density at radius 1 is 0.268 bits per heavy atom. The van der Waals surface area contributed by atoms with Gasteiger partial charge in [0.25, 0.3) is 0 Å². The largest absolute Gasteiger partial charge is 0.412 e. The van der Waals surface area contributed by atoms with Crippen LogP contribution >= 0.6 is 0 Å². The van der Waals surface area contributed by atoms with Crippen LogP contribution in [0.3, 0.4) is 0 Å². The molecule has 0 aromatic carbocycles. The predicted molar refractivity (Wildman–Crippen MR) is 121 cm³/mol. The third kappa shape index (κ3) is 162. The Bertz CT molecular complexity index is 172. The summed E-state index contributed by atoms with van der Waals surface area (Å²) in [5.41, 5.74) is 7.88. The molecule has 0 aromatic heterocycles. The first-order valence-corrected chi connectivity index (χ1v) is 4.60. The van der Waals surface area contributed by atoms with Crippen molar-refractivity contribution in [2.75, 3.05) is 39.6 Å². The van der Waals surface area contributed by atoms with Crippen LogP contribution in [-0.4, -0.2) is 180 Å². The average molecular weight is 1200 g/mol. The van der Waals surface area contributed by atoms with E-state index in [0.29, 0.717) is 0 Å². The second-order valence-electron chi connectivity index (χ2n) is 3.67. The molecule has 0 fully saturated rings. The van der Waals surface area contributed by atoms with Crippen molar-refractivity contribution in [3.8, 4) is 0 Å². The van der Waals surface area contributed by atoms with Gasteiger partial charge in [0, 0.05) is 143 Å². The zero-order chi connectivity index (χ0) is 13.2. The maximum absolute atomic E-state index is 8.34. The Balaban J connectivity index is -0.00000000238. The normalized spacial score (nSPS) is 4.68. The molecule has 0 aromatic rings. The molecule has 0 aliphatic heterocycles. The van der Waals surface area contributed by atoms with Crippen LogP contribution in [0.5, 0.6) is 0 Å². The fourth-order valence-corrected chi connectivity index (χ4v) is 0.300. The van der Waals surface area contributed by atoms with Gasteiger partial charge in [-0.3, -0.25) is 0 Å². The molecule has 1 radical (unpaired) electrons. The van der Waals surface area contributed by atoms with Crippen LogP contribution in [0.25, 0.3) is 0 Å². The van der Waals surface area contributed by atoms with Gasteiger partial charge < -0.3 is 141 Å². The molecule has 0 spiro atoms. The third-order valence-electron chi connectivity index (χ3n) is 1.89. The van der Waals surface area contributed by atoms with Crippen molar-refractivity contribution in [1.82, 2.24) is 0 Å². The molecule has 0 amide bonds. The molecule has 0 atom stereocenters. The van der Waals surface area contributed by atoms with Crippen LogP contribution < -0.4 is 11.5 Å². The van der Waals surface area contributed by atoms with E-state index in [9.17, 15) is 0 Å². The predicted octanol–water partition coefficient (Wildman–Crippen LogP) is -19.5. The van der Waals surface area contributed by atoms with Gasteiger partial charge in [-0.1, -0.05) is 0 Å². The van der Waals surface area contributed by atoms with Crippen molar-refractivity contribution in [2.45, 2.75) is 11.1 Å². The molecule has 0 saturated carbocycles. The SMILES string of the molecule is NC(CO)(CO)CO.NC(CO)(CO)CO.O.O.O.O.O.O.O.O.O.O.O.O.O.O.O.O.O.O.[Mn].[Mo].[Mo].[Mo].[Mo].[Mo].[Mo]. The first-order valence-electron chi connectivity index (χ1n) is 4.60. The van der Waals surface area contributed by atoms with E-state index in [1.807, 2.05) is 0 Å². The van der Waals surface area contributed by atoms with Gasteiger partial charge in [0.15, 0.2) is 0 Å². The van der Waals surface area contributed by atoms with E-state index >= 15 is 0 Å². The molecule has 0 saturated heterocycles. The van der Waals surface area contributed by atoms with Crippen LogP contribution in [0.4, 0.5) is 0 Å². The third-order valence-corrected chi connectivity index (χ3v) is 1.89. The number of aliphatic hydroxyl groups is 6. The Labute approximate surface area is 331 Å². The van der Waals surface area contributed by atoms with Crippen molar-refractivity contribution >= 4 is 0 Å². The topological polar surface area (TPSA) is 740 Å². The van der Waals surface area contributed by atoms with Crippen LogP contribution in [0.1, 0.15) is 0 Å². The van der Waals surface area contributed by atoms with Gasteiger partial charge in [0.1, 0.15) is 0 Å². The first-order chi connectivity index (χ1) is 7.36. The Morgan fingerprint density at radius 2 is 0.317 bits per heavy atom. The van der Waals surface area contributed by atoms with Gasteiger partial charge in [-0.15, -0.1) is 0 Å². The summed E-state index contributed by atoms with van der Waals surface area (Å²) in [6.07, 6.45) is 0. The summed E-state index contributed by atoms with van der Waals surface area (Å²) in [5, 5.41) is 50.0. The second-order valence-corrected chi connectivity index (χ2v) is 3.67. The number of hydrogen-bond acceptors (Lipinski definition) is 8. The smallest absolute Gasteiger partial charge is 0.0856 e. The summed E-state index contributed by atoms with van der Waals surface area (Å²) < 4.78 is 0. The minimum absolute atomic E-state index is 0. The summed E-state index contributed by atoms with van der Waals surface area (Å²) >= 11 is 0. The molecule has 0 heterocycles. The van der Waals surface area contributed by atoms with E-state index in [-0.39, 0.29) is 242 Å². The molecule has 0 bridgehead atoms. The van der Waals surface area contributed by atoms with Crippen molar-refractivity contribution in [1.29, 1.82) is 0 Å². The molecule has 0 aliphatic rings. The summed E-state index contributed by atoms with van der Waals surface area (Å²) in [7, 11) is 0. The fourth-order valence-electron chi connectivity index (χ4n) is 0.300. The number of aliphatic hydroxyl groups excluding tert-OH is 6. The van der Waals surface area contributed by atoms with Crippen LogP contribution in [0.15, 0.2) is 0 Å². The monoisotopic (exact) mass is 1210 g/mol. The fraction of sp³-hybridized carbons (Fsp3) is 1.00. The molecule has 26 nitrogen and oxygen atoms in total. The van der Waals surface area contributed by atoms with E-state index in [2.05, 4.69) is 0 Å². The van der Waals surface area contributed by atoms with Crippen molar-refractivity contribution in [3.63, 3.8) is 0 Å². The standard InChI is InChI=1S/2C4H11NO3.Mn.6Mo.18H2O/c2*5-4(1-6,2-7)3-8;;;;;;;;;;;;;;;;;;;;;;;;;/h2*6-8H,1-3,5H2;;;;;;;;18*1H2. The molecule has 0 unspecified atom stereocenters. The first kappa shape index (κ1) is 274. The summed E-state index contributed by atoms with van der Waals surface area (Å²) in [6.45, 7) is -2.42. The van der Waals surface area contributed by atoms with Gasteiger partial charge in [0.2, 0.25) is 0 Å². The van der Waals surface area contributed by atoms with E-state index in [1.165, 1.54) is 0 Å². The van der Waals surface area contributed by atoms with Gasteiger partial charge in [-0.2, -0.15) is 0 Å². The van der Waals surface area contributed by atoms with E-state index in [4.69, 9.17) is 42.1 Å². The maximum atomic E-state index is 8.34. The van der Waals surface area contributed by atoms with E-state index in [0.717, 1.165) is 0 Å². The van der Waals surface area contributed by atoms with Crippen molar-refractivity contribution in [2.24, 2.45) is 11.5 Å². The van der Waals surface area contributed by atoms with Crippen LogP contribution in [0, 0.1) is 0 Å². The van der Waals surface area contributed by atoms with Gasteiger partial charge >= 0.3 is 0 Å². The maximum Gasteiger partial charge on any atom is 0.0856 e. The van der Waals surface area contributed by atoms with Crippen LogP contribution in [0.2, 0.25) is 0 Å². The minimum Gasteiger partial charge on any atom is -0.412 e. The zero-order valence-electron chi connectivity index (χ0n) is 20.9. The summed E-state index contributed by atoms with van der Waals surface area (Å²) in [6, 6.07) is 0. The molecule has 0 aliphatic carbocycles. The van der Waals surface area contributed by atoms with Gasteiger partial charge in [-0.25, -0.2) is 0 Å². The average Bonchev–Trinajstić information content (AvgIpc) is 2.37. The number of rotatable bonds is 6. The van der Waals surface area contributed by atoms with Crippen molar-refractivity contribution in [3.05, 3.63) is 0 Å².